The average Bonchev–Trinajstić information content (AvgIpc) is 2.91. The summed E-state index contributed by atoms with van der Waals surface area (Å²) in [6.45, 7) is 7.72. The van der Waals surface area contributed by atoms with Gasteiger partial charge in [-0.25, -0.2) is 13.2 Å². The maximum absolute atomic E-state index is 15.2. The summed E-state index contributed by atoms with van der Waals surface area (Å²) in [5, 5.41) is 9.76. The lowest BCUT2D eigenvalue weighted by molar-refractivity contribution is 0.149. The number of unbranched alkanes of at least 4 members (excludes halogenated alkanes) is 1. The van der Waals surface area contributed by atoms with Crippen molar-refractivity contribution in [3.8, 4) is 5.75 Å². The molecule has 0 bridgehead atoms. The lowest BCUT2D eigenvalue weighted by atomic mass is 9.82. The first-order chi connectivity index (χ1) is 18.3. The largest absolute Gasteiger partial charge is 0.490 e. The molecular weight excluding hydrogens is 485 g/mol. The van der Waals surface area contributed by atoms with Crippen LogP contribution >= 0.6 is 0 Å². The van der Waals surface area contributed by atoms with Gasteiger partial charge in [-0.05, 0) is 80.7 Å². The second-order valence-electron chi connectivity index (χ2n) is 9.82. The average molecular weight is 525 g/mol. The minimum absolute atomic E-state index is 0.00866. The predicted molar refractivity (Wildman–Crippen MR) is 150 cm³/mol. The maximum atomic E-state index is 15.2. The van der Waals surface area contributed by atoms with E-state index in [0.717, 1.165) is 24.0 Å². The quantitative estimate of drug-likeness (QED) is 0.159. The van der Waals surface area contributed by atoms with Crippen molar-refractivity contribution < 1.29 is 23.0 Å². The Bertz CT molecular complexity index is 1150. The molecule has 1 aromatic rings. The first-order valence-corrected chi connectivity index (χ1v) is 13.6. The molecule has 3 rings (SSSR count). The van der Waals surface area contributed by atoms with Crippen LogP contribution in [0.1, 0.15) is 57.9 Å². The molecule has 1 aromatic carbocycles. The molecule has 0 aromatic heterocycles. The van der Waals surface area contributed by atoms with Crippen LogP contribution in [0.2, 0.25) is 0 Å². The van der Waals surface area contributed by atoms with E-state index in [1.54, 1.807) is 25.1 Å². The molecule has 5 heteroatoms. The fraction of sp³-hybridized carbons (Fsp3) is 0.394. The van der Waals surface area contributed by atoms with Crippen molar-refractivity contribution in [1.29, 1.82) is 0 Å². The summed E-state index contributed by atoms with van der Waals surface area (Å²) in [6, 6.07) is 5.03. The maximum Gasteiger partial charge on any atom is 0.165 e. The van der Waals surface area contributed by atoms with E-state index >= 15 is 8.78 Å². The monoisotopic (exact) mass is 524 g/mol. The molecule has 0 saturated carbocycles. The fourth-order valence-electron chi connectivity index (χ4n) is 4.70. The Labute approximate surface area is 225 Å². The van der Waals surface area contributed by atoms with Crippen LogP contribution in [0.15, 0.2) is 102 Å². The highest BCUT2D eigenvalue weighted by Gasteiger charge is 2.29. The molecule has 2 nitrogen and oxygen atoms in total. The van der Waals surface area contributed by atoms with E-state index in [-0.39, 0.29) is 17.5 Å². The molecule has 0 spiro atoms. The molecular formula is C33H39F3O2. The highest BCUT2D eigenvalue weighted by atomic mass is 19.2. The Morgan fingerprint density at radius 1 is 1.18 bits per heavy atom. The number of hydrogen-bond donors (Lipinski definition) is 1. The van der Waals surface area contributed by atoms with Crippen LogP contribution in [0.3, 0.4) is 0 Å². The second kappa shape index (κ2) is 14.8. The Morgan fingerprint density at radius 3 is 2.66 bits per heavy atom. The van der Waals surface area contributed by atoms with Crippen molar-refractivity contribution in [2.24, 2.45) is 11.8 Å². The molecule has 0 radical (unpaired) electrons. The lowest BCUT2D eigenvalue weighted by Crippen LogP contribution is -2.18. The third kappa shape index (κ3) is 7.97. The van der Waals surface area contributed by atoms with Crippen LogP contribution in [-0.2, 0) is 6.42 Å². The SMILES string of the molecule is C=CCCOc1ccc(CCC/C=C\C(=C/CC)C2=CCC(C3=CCC(C(C)O)C=C3)C(F)=C2F)cc1F. The zero-order chi connectivity index (χ0) is 27.5. The standard InChI is InChI=1S/C33H39F3O2/c1-4-6-21-38-31-20-13-24(22-30(31)34)11-8-7-9-12-26(10-5-2)28-18-19-29(33(36)32(28)35)27-16-14-25(15-17-27)23(3)37/h4,9-10,12-14,16-18,20,22-23,25,29,37H,1,5-8,11,15,19,21H2,2-3H3/b12-9-,26-10+. The van der Waals surface area contributed by atoms with Gasteiger partial charge < -0.3 is 9.84 Å². The summed E-state index contributed by atoms with van der Waals surface area (Å²) in [6.07, 6.45) is 19.0. The Balaban J connectivity index is 1.57. The molecule has 2 aliphatic rings. The van der Waals surface area contributed by atoms with E-state index in [1.165, 1.54) is 6.07 Å². The van der Waals surface area contributed by atoms with Crippen LogP contribution in [0.4, 0.5) is 13.2 Å². The molecule has 1 N–H and O–H groups in total. The number of aliphatic hydroxyl groups excluding tert-OH is 1. The number of aliphatic hydroxyl groups is 1. The van der Waals surface area contributed by atoms with Crippen molar-refractivity contribution in [1.82, 2.24) is 0 Å². The highest BCUT2D eigenvalue weighted by Crippen LogP contribution is 2.41. The minimum Gasteiger partial charge on any atom is -0.490 e. The van der Waals surface area contributed by atoms with Gasteiger partial charge in [0.05, 0.1) is 12.7 Å². The van der Waals surface area contributed by atoms with Crippen molar-refractivity contribution in [2.45, 2.75) is 64.9 Å². The summed E-state index contributed by atoms with van der Waals surface area (Å²) in [5.74, 6) is -2.28. The summed E-state index contributed by atoms with van der Waals surface area (Å²) < 4.78 is 50.0. The number of halogens is 3. The van der Waals surface area contributed by atoms with Crippen molar-refractivity contribution in [3.05, 3.63) is 113 Å². The topological polar surface area (TPSA) is 29.5 Å². The zero-order valence-corrected chi connectivity index (χ0v) is 22.4. The number of benzene rings is 1. The van der Waals surface area contributed by atoms with Gasteiger partial charge in [0.1, 0.15) is 5.83 Å². The van der Waals surface area contributed by atoms with Gasteiger partial charge in [0.15, 0.2) is 17.4 Å². The normalized spacial score (nSPS) is 20.9. The van der Waals surface area contributed by atoms with Gasteiger partial charge in [0, 0.05) is 17.4 Å². The fourth-order valence-corrected chi connectivity index (χ4v) is 4.70. The van der Waals surface area contributed by atoms with Crippen LogP contribution < -0.4 is 4.74 Å². The van der Waals surface area contributed by atoms with Gasteiger partial charge >= 0.3 is 0 Å². The van der Waals surface area contributed by atoms with Crippen molar-refractivity contribution in [2.75, 3.05) is 6.61 Å². The first-order valence-electron chi connectivity index (χ1n) is 13.6. The zero-order valence-electron chi connectivity index (χ0n) is 22.4. The molecule has 38 heavy (non-hydrogen) atoms. The van der Waals surface area contributed by atoms with Crippen molar-refractivity contribution >= 4 is 0 Å². The molecule has 2 aliphatic carbocycles. The third-order valence-electron chi connectivity index (χ3n) is 6.94. The van der Waals surface area contributed by atoms with Gasteiger partial charge in [-0.3, -0.25) is 0 Å². The predicted octanol–water partition coefficient (Wildman–Crippen LogP) is 8.98. The number of rotatable bonds is 13. The molecule has 3 atom stereocenters. The van der Waals surface area contributed by atoms with Crippen LogP contribution in [-0.4, -0.2) is 17.8 Å². The molecule has 0 aliphatic heterocycles. The lowest BCUT2D eigenvalue weighted by Gasteiger charge is -2.25. The molecule has 3 unspecified atom stereocenters. The number of hydrogen-bond acceptors (Lipinski definition) is 2. The van der Waals surface area contributed by atoms with Crippen molar-refractivity contribution in [3.63, 3.8) is 0 Å². The summed E-state index contributed by atoms with van der Waals surface area (Å²) in [5.41, 5.74) is 2.62. The van der Waals surface area contributed by atoms with Crippen LogP contribution in [0.5, 0.6) is 5.75 Å². The van der Waals surface area contributed by atoms with Crippen LogP contribution in [0, 0.1) is 17.7 Å². The van der Waals surface area contributed by atoms with E-state index in [9.17, 15) is 9.50 Å². The van der Waals surface area contributed by atoms with E-state index in [4.69, 9.17) is 4.74 Å². The molecule has 0 amide bonds. The van der Waals surface area contributed by atoms with E-state index in [0.29, 0.717) is 49.9 Å². The van der Waals surface area contributed by atoms with Gasteiger partial charge in [-0.2, -0.15) is 0 Å². The summed E-state index contributed by atoms with van der Waals surface area (Å²) in [7, 11) is 0. The van der Waals surface area contributed by atoms with Gasteiger partial charge in [0.25, 0.3) is 0 Å². The third-order valence-corrected chi connectivity index (χ3v) is 6.94. The van der Waals surface area contributed by atoms with Gasteiger partial charge in [-0.15, -0.1) is 6.58 Å². The molecule has 0 heterocycles. The minimum atomic E-state index is -0.802. The number of ether oxygens (including phenoxy) is 1. The van der Waals surface area contributed by atoms with Gasteiger partial charge in [0.2, 0.25) is 0 Å². The first kappa shape index (κ1) is 29.5. The number of allylic oxidation sites excluding steroid dienone is 11. The van der Waals surface area contributed by atoms with Gasteiger partial charge in [-0.1, -0.05) is 61.6 Å². The van der Waals surface area contributed by atoms with Crippen LogP contribution in [0.25, 0.3) is 0 Å². The van der Waals surface area contributed by atoms with E-state index in [1.807, 2.05) is 49.4 Å². The Hall–Kier alpha value is -3.05. The highest BCUT2D eigenvalue weighted by molar-refractivity contribution is 5.53. The Morgan fingerprint density at radius 2 is 2.00 bits per heavy atom. The molecule has 0 fully saturated rings. The molecule has 204 valence electrons. The second-order valence-corrected chi connectivity index (χ2v) is 9.82. The molecule has 0 saturated heterocycles. The van der Waals surface area contributed by atoms with E-state index in [2.05, 4.69) is 6.58 Å². The smallest absolute Gasteiger partial charge is 0.165 e. The number of aryl methyl sites for hydroxylation is 1. The van der Waals surface area contributed by atoms with E-state index < -0.39 is 23.7 Å². The Kier molecular flexibility index (Phi) is 11.5. The summed E-state index contributed by atoms with van der Waals surface area (Å²) in [4.78, 5) is 0. The summed E-state index contributed by atoms with van der Waals surface area (Å²) >= 11 is 0.